The van der Waals surface area contributed by atoms with E-state index >= 15 is 0 Å². The van der Waals surface area contributed by atoms with Crippen LogP contribution in [0.4, 0.5) is 13.2 Å². The molecule has 1 atom stereocenters. The maximum absolute atomic E-state index is 13.6. The van der Waals surface area contributed by atoms with Gasteiger partial charge in [-0.2, -0.15) is 25.9 Å². The minimum atomic E-state index is -5.84. The zero-order chi connectivity index (χ0) is 28.4. The van der Waals surface area contributed by atoms with Crippen molar-refractivity contribution in [2.75, 3.05) is 7.05 Å². The average Bonchev–Trinajstić information content (AvgIpc) is 3.39. The SMILES string of the molecule is CN([C@@H](Cc1ccc(OS(=O)(=O)C(F)(F)F)cc1)C(=O)NC1CCCC1)S(=O)(=O)c1ccc2ccccc2c1. The Balaban J connectivity index is 1.61. The summed E-state index contributed by atoms with van der Waals surface area (Å²) >= 11 is 0. The number of carbonyl (C=O) groups is 1. The number of hydrogen-bond donors (Lipinski definition) is 1. The van der Waals surface area contributed by atoms with E-state index in [2.05, 4.69) is 9.50 Å². The monoisotopic (exact) mass is 584 g/mol. The van der Waals surface area contributed by atoms with Gasteiger partial charge in [-0.15, -0.1) is 0 Å². The van der Waals surface area contributed by atoms with Crippen molar-refractivity contribution >= 4 is 36.8 Å². The minimum Gasteiger partial charge on any atom is -0.376 e. The molecule has 3 aromatic rings. The Kier molecular flexibility index (Phi) is 8.24. The highest BCUT2D eigenvalue weighted by molar-refractivity contribution is 7.89. The molecule has 0 unspecified atom stereocenters. The number of amides is 1. The predicted octanol–water partition coefficient (Wildman–Crippen LogP) is 4.36. The molecule has 0 saturated heterocycles. The van der Waals surface area contributed by atoms with Gasteiger partial charge < -0.3 is 9.50 Å². The van der Waals surface area contributed by atoms with Crippen LogP contribution in [0, 0.1) is 0 Å². The molecule has 210 valence electrons. The van der Waals surface area contributed by atoms with Crippen LogP contribution in [0.1, 0.15) is 31.2 Å². The molecule has 0 aromatic heterocycles. The first-order valence-electron chi connectivity index (χ1n) is 12.1. The summed E-state index contributed by atoms with van der Waals surface area (Å²) in [4.78, 5) is 13.4. The third-order valence-electron chi connectivity index (χ3n) is 6.68. The summed E-state index contributed by atoms with van der Waals surface area (Å²) < 4.78 is 92.8. The lowest BCUT2D eigenvalue weighted by atomic mass is 10.0. The van der Waals surface area contributed by atoms with Gasteiger partial charge in [0.1, 0.15) is 11.8 Å². The Morgan fingerprint density at radius 2 is 1.59 bits per heavy atom. The molecule has 4 rings (SSSR count). The highest BCUT2D eigenvalue weighted by Gasteiger charge is 2.48. The van der Waals surface area contributed by atoms with Crippen molar-refractivity contribution in [1.29, 1.82) is 0 Å². The van der Waals surface area contributed by atoms with Crippen molar-refractivity contribution in [2.24, 2.45) is 0 Å². The fraction of sp³-hybridized carbons (Fsp3) is 0.346. The summed E-state index contributed by atoms with van der Waals surface area (Å²) in [5.74, 6) is -1.08. The van der Waals surface area contributed by atoms with Gasteiger partial charge in [-0.25, -0.2) is 8.42 Å². The van der Waals surface area contributed by atoms with E-state index in [0.717, 1.165) is 47.5 Å². The number of likely N-dealkylation sites (N-methyl/N-ethyl adjacent to an activating group) is 1. The maximum Gasteiger partial charge on any atom is 0.534 e. The lowest BCUT2D eigenvalue weighted by Gasteiger charge is -2.28. The number of benzene rings is 3. The van der Waals surface area contributed by atoms with Gasteiger partial charge in [0.25, 0.3) is 0 Å². The van der Waals surface area contributed by atoms with E-state index in [9.17, 15) is 34.8 Å². The van der Waals surface area contributed by atoms with Crippen molar-refractivity contribution in [3.63, 3.8) is 0 Å². The van der Waals surface area contributed by atoms with E-state index in [1.165, 1.54) is 31.3 Å². The number of sulfonamides is 1. The number of halogens is 3. The van der Waals surface area contributed by atoms with Crippen LogP contribution in [0.25, 0.3) is 10.8 Å². The lowest BCUT2D eigenvalue weighted by molar-refractivity contribution is -0.125. The number of carbonyl (C=O) groups excluding carboxylic acids is 1. The van der Waals surface area contributed by atoms with E-state index in [0.29, 0.717) is 10.9 Å². The highest BCUT2D eigenvalue weighted by atomic mass is 32.2. The van der Waals surface area contributed by atoms with Crippen LogP contribution in [0.5, 0.6) is 5.75 Å². The third kappa shape index (κ3) is 6.53. The number of nitrogens with zero attached hydrogens (tertiary/aromatic N) is 1. The average molecular weight is 585 g/mol. The number of rotatable bonds is 9. The zero-order valence-electron chi connectivity index (χ0n) is 20.9. The maximum atomic E-state index is 13.6. The van der Waals surface area contributed by atoms with Gasteiger partial charge >= 0.3 is 15.6 Å². The molecular formula is C26H27F3N2O6S2. The van der Waals surface area contributed by atoms with Gasteiger partial charge in [-0.1, -0.05) is 55.3 Å². The molecule has 0 heterocycles. The molecule has 8 nitrogen and oxygen atoms in total. The summed E-state index contributed by atoms with van der Waals surface area (Å²) in [6.07, 6.45) is 3.33. The summed E-state index contributed by atoms with van der Waals surface area (Å²) in [7, 11) is -8.68. The Bertz CT molecular complexity index is 1550. The predicted molar refractivity (Wildman–Crippen MR) is 139 cm³/mol. The van der Waals surface area contributed by atoms with Gasteiger partial charge in [-0.05, 0) is 59.9 Å². The van der Waals surface area contributed by atoms with Gasteiger partial charge in [0.15, 0.2) is 0 Å². The highest BCUT2D eigenvalue weighted by Crippen LogP contribution is 2.28. The number of hydrogen-bond acceptors (Lipinski definition) is 6. The first-order chi connectivity index (χ1) is 18.3. The quantitative estimate of drug-likeness (QED) is 0.296. The Morgan fingerprint density at radius 3 is 2.21 bits per heavy atom. The van der Waals surface area contributed by atoms with Crippen LogP contribution in [0.15, 0.2) is 71.6 Å². The summed E-state index contributed by atoms with van der Waals surface area (Å²) in [6, 6.07) is 15.3. The standard InChI is InChI=1S/C26H27F3N2O6S2/c1-31(38(33,34)23-15-12-19-6-2-3-7-20(19)17-23)24(25(32)30-21-8-4-5-9-21)16-18-10-13-22(14-11-18)37-39(35,36)26(27,28)29/h2-3,6-7,10-15,17,21,24H,4-5,8-9,16H2,1H3,(H,30,32)/t24-/m0/s1. The van der Waals surface area contributed by atoms with Crippen molar-refractivity contribution in [3.8, 4) is 5.75 Å². The Labute approximate surface area is 224 Å². The van der Waals surface area contributed by atoms with Crippen LogP contribution < -0.4 is 9.50 Å². The second-order valence-electron chi connectivity index (χ2n) is 9.37. The molecule has 1 fully saturated rings. The van der Waals surface area contributed by atoms with Crippen LogP contribution >= 0.6 is 0 Å². The zero-order valence-corrected chi connectivity index (χ0v) is 22.5. The molecule has 0 spiro atoms. The van der Waals surface area contributed by atoms with Crippen LogP contribution in [0.3, 0.4) is 0 Å². The fourth-order valence-electron chi connectivity index (χ4n) is 4.49. The molecule has 39 heavy (non-hydrogen) atoms. The molecule has 13 heteroatoms. The number of nitrogens with one attached hydrogen (secondary N) is 1. The molecule has 0 aliphatic heterocycles. The fourth-order valence-corrected chi connectivity index (χ4v) is 6.31. The lowest BCUT2D eigenvalue weighted by Crippen LogP contribution is -2.50. The third-order valence-corrected chi connectivity index (χ3v) is 9.52. The smallest absolute Gasteiger partial charge is 0.376 e. The van der Waals surface area contributed by atoms with Crippen molar-refractivity contribution in [1.82, 2.24) is 9.62 Å². The molecule has 1 N–H and O–H groups in total. The van der Waals surface area contributed by atoms with Crippen molar-refractivity contribution in [2.45, 2.75) is 54.6 Å². The topological polar surface area (TPSA) is 110 Å². The van der Waals surface area contributed by atoms with E-state index in [1.807, 2.05) is 12.1 Å². The van der Waals surface area contributed by atoms with Gasteiger partial charge in [-0.3, -0.25) is 4.79 Å². The first kappa shape index (κ1) is 28.8. The molecule has 1 saturated carbocycles. The largest absolute Gasteiger partial charge is 0.534 e. The molecule has 0 radical (unpaired) electrons. The van der Waals surface area contributed by atoms with Crippen molar-refractivity contribution in [3.05, 3.63) is 72.3 Å². The number of alkyl halides is 3. The molecule has 3 aromatic carbocycles. The van der Waals surface area contributed by atoms with Gasteiger partial charge in [0.05, 0.1) is 4.90 Å². The van der Waals surface area contributed by atoms with Crippen LogP contribution in [-0.2, 0) is 31.4 Å². The summed E-state index contributed by atoms with van der Waals surface area (Å²) in [5.41, 5.74) is -5.20. The minimum absolute atomic E-state index is 0.00321. The van der Waals surface area contributed by atoms with E-state index < -0.39 is 43.3 Å². The van der Waals surface area contributed by atoms with E-state index in [-0.39, 0.29) is 17.4 Å². The summed E-state index contributed by atoms with van der Waals surface area (Å²) in [6.45, 7) is 0. The van der Waals surface area contributed by atoms with Crippen LogP contribution in [-0.4, -0.2) is 51.7 Å². The Morgan fingerprint density at radius 1 is 0.974 bits per heavy atom. The molecule has 1 aliphatic rings. The molecular weight excluding hydrogens is 557 g/mol. The van der Waals surface area contributed by atoms with E-state index in [1.54, 1.807) is 18.2 Å². The van der Waals surface area contributed by atoms with Crippen molar-refractivity contribution < 1.29 is 39.0 Å². The summed E-state index contributed by atoms with van der Waals surface area (Å²) in [5, 5.41) is 4.48. The Hall–Kier alpha value is -3.16. The molecule has 1 aliphatic carbocycles. The first-order valence-corrected chi connectivity index (χ1v) is 15.0. The second kappa shape index (κ2) is 11.1. The van der Waals surface area contributed by atoms with Gasteiger partial charge in [0, 0.05) is 13.1 Å². The van der Waals surface area contributed by atoms with Crippen LogP contribution in [0.2, 0.25) is 0 Å². The molecule has 1 amide bonds. The van der Waals surface area contributed by atoms with Gasteiger partial charge in [0.2, 0.25) is 15.9 Å². The number of fused-ring (bicyclic) bond motifs is 1. The van der Waals surface area contributed by atoms with E-state index in [4.69, 9.17) is 0 Å². The molecule has 0 bridgehead atoms. The normalized spacial score (nSPS) is 15.9. The second-order valence-corrected chi connectivity index (χ2v) is 12.9.